The number of thiazole rings is 1. The molecule has 8 heteroatoms. The zero-order valence-electron chi connectivity index (χ0n) is 10.8. The summed E-state index contributed by atoms with van der Waals surface area (Å²) in [6.07, 6.45) is -4.82. The van der Waals surface area contributed by atoms with Gasteiger partial charge >= 0.3 is 6.18 Å². The van der Waals surface area contributed by atoms with Crippen molar-refractivity contribution in [2.45, 2.75) is 12.6 Å². The maximum Gasteiger partial charge on any atom is 0.404 e. The Morgan fingerprint density at radius 1 is 1.43 bits per heavy atom. The van der Waals surface area contributed by atoms with E-state index in [0.29, 0.717) is 5.69 Å². The molecule has 0 bridgehead atoms. The minimum Gasteiger partial charge on any atom is -0.325 e. The first-order valence-corrected chi connectivity index (χ1v) is 7.22. The van der Waals surface area contributed by atoms with Crippen molar-refractivity contribution in [3.8, 4) is 0 Å². The average Bonchev–Trinajstić information content (AvgIpc) is 3.07. The van der Waals surface area contributed by atoms with E-state index in [1.54, 1.807) is 23.7 Å². The molecular weight excluding hydrogens is 303 g/mol. The maximum absolute atomic E-state index is 13.3. The first kappa shape index (κ1) is 14.3. The summed E-state index contributed by atoms with van der Waals surface area (Å²) in [6, 6.07) is 4.87. The Labute approximate surface area is 122 Å². The zero-order valence-corrected chi connectivity index (χ0v) is 11.6. The van der Waals surface area contributed by atoms with Gasteiger partial charge in [-0.15, -0.1) is 11.3 Å². The first-order chi connectivity index (χ1) is 9.92. The van der Waals surface area contributed by atoms with Crippen molar-refractivity contribution in [1.29, 1.82) is 0 Å². The third-order valence-electron chi connectivity index (χ3n) is 3.72. The Balaban J connectivity index is 1.87. The number of nitrogens with zero attached hydrogens (tertiary/aromatic N) is 1. The molecule has 2 N–H and O–H groups in total. The molecule has 1 amide bonds. The summed E-state index contributed by atoms with van der Waals surface area (Å²) in [5, 5.41) is 5.02. The third-order valence-corrected chi connectivity index (χ3v) is 4.51. The molecule has 1 aliphatic rings. The van der Waals surface area contributed by atoms with Crippen molar-refractivity contribution in [2.24, 2.45) is 5.41 Å². The van der Waals surface area contributed by atoms with Crippen LogP contribution in [0.4, 0.5) is 18.9 Å². The molecule has 3 rings (SSSR count). The molecule has 1 atom stereocenters. The largest absolute Gasteiger partial charge is 0.404 e. The van der Waals surface area contributed by atoms with Crippen molar-refractivity contribution in [3.63, 3.8) is 0 Å². The molecular formula is C13H12F3N3OS. The van der Waals surface area contributed by atoms with Crippen LogP contribution in [0.1, 0.15) is 6.42 Å². The van der Waals surface area contributed by atoms with E-state index in [9.17, 15) is 18.0 Å². The lowest BCUT2D eigenvalue weighted by molar-refractivity contribution is -0.213. The number of nitrogens with one attached hydrogen (secondary N) is 2. The van der Waals surface area contributed by atoms with Gasteiger partial charge in [0.15, 0.2) is 5.41 Å². The van der Waals surface area contributed by atoms with E-state index >= 15 is 0 Å². The molecule has 1 unspecified atom stereocenters. The second-order valence-corrected chi connectivity index (χ2v) is 5.88. The summed E-state index contributed by atoms with van der Waals surface area (Å²) < 4.78 is 40.6. The summed E-state index contributed by atoms with van der Waals surface area (Å²) in [4.78, 5) is 16.3. The van der Waals surface area contributed by atoms with Gasteiger partial charge in [-0.25, -0.2) is 4.98 Å². The number of alkyl halides is 3. The van der Waals surface area contributed by atoms with Crippen LogP contribution in [0.5, 0.6) is 0 Å². The van der Waals surface area contributed by atoms with Crippen LogP contribution in [0.3, 0.4) is 0 Å². The van der Waals surface area contributed by atoms with E-state index < -0.39 is 17.5 Å². The van der Waals surface area contributed by atoms with E-state index in [2.05, 4.69) is 15.6 Å². The summed E-state index contributed by atoms with van der Waals surface area (Å²) in [6.45, 7) is -0.202. The zero-order chi connectivity index (χ0) is 15.1. The third kappa shape index (κ3) is 2.38. The summed E-state index contributed by atoms with van der Waals surface area (Å²) in [5.74, 6) is -1.01. The Bertz CT molecular complexity index is 677. The van der Waals surface area contributed by atoms with Crippen LogP contribution >= 0.6 is 11.3 Å². The number of rotatable bonds is 2. The normalized spacial score (nSPS) is 22.6. The number of carbonyl (C=O) groups excluding carboxylic acids is 1. The molecule has 0 spiro atoms. The number of aromatic nitrogens is 1. The molecule has 0 radical (unpaired) electrons. The van der Waals surface area contributed by atoms with Crippen LogP contribution < -0.4 is 10.6 Å². The number of anilines is 1. The number of carbonyl (C=O) groups is 1. The fourth-order valence-corrected chi connectivity index (χ4v) is 3.16. The molecule has 1 aromatic carbocycles. The van der Waals surface area contributed by atoms with Crippen LogP contribution in [0.2, 0.25) is 0 Å². The predicted octanol–water partition coefficient (Wildman–Crippen LogP) is 2.78. The van der Waals surface area contributed by atoms with Crippen LogP contribution in [0.25, 0.3) is 10.2 Å². The lowest BCUT2D eigenvalue weighted by Gasteiger charge is -2.29. The van der Waals surface area contributed by atoms with Crippen molar-refractivity contribution in [2.75, 3.05) is 18.4 Å². The van der Waals surface area contributed by atoms with Crippen LogP contribution in [0.15, 0.2) is 23.7 Å². The molecule has 2 aromatic rings. The van der Waals surface area contributed by atoms with Crippen molar-refractivity contribution in [1.82, 2.24) is 10.3 Å². The first-order valence-electron chi connectivity index (χ1n) is 6.34. The highest BCUT2D eigenvalue weighted by Crippen LogP contribution is 2.43. The fourth-order valence-electron chi connectivity index (χ4n) is 2.44. The van der Waals surface area contributed by atoms with Crippen molar-refractivity contribution < 1.29 is 18.0 Å². The molecule has 1 fully saturated rings. The number of fused-ring (bicyclic) bond motifs is 1. The quantitative estimate of drug-likeness (QED) is 0.896. The second-order valence-electron chi connectivity index (χ2n) is 5.00. The minimum absolute atomic E-state index is 0.181. The van der Waals surface area contributed by atoms with Gasteiger partial charge < -0.3 is 10.6 Å². The Hall–Kier alpha value is -1.67. The van der Waals surface area contributed by atoms with Crippen molar-refractivity contribution >= 4 is 33.1 Å². The van der Waals surface area contributed by atoms with Gasteiger partial charge in [0.25, 0.3) is 0 Å². The molecule has 21 heavy (non-hydrogen) atoms. The SMILES string of the molecule is O=C(Nc1ccc2ncsc2c1)C1(C(F)(F)F)CCNC1. The number of hydrogen-bond donors (Lipinski definition) is 2. The highest BCUT2D eigenvalue weighted by atomic mass is 32.1. The topological polar surface area (TPSA) is 54.0 Å². The Morgan fingerprint density at radius 2 is 2.24 bits per heavy atom. The molecule has 0 aliphatic carbocycles. The average molecular weight is 315 g/mol. The Morgan fingerprint density at radius 3 is 2.90 bits per heavy atom. The lowest BCUT2D eigenvalue weighted by Crippen LogP contribution is -2.49. The molecule has 2 heterocycles. The molecule has 4 nitrogen and oxygen atoms in total. The standard InChI is InChI=1S/C13H12F3N3OS/c14-13(15,16)12(3-4-17-6-12)11(20)19-8-1-2-9-10(5-8)21-7-18-9/h1-2,5,7,17H,3-4,6H2,(H,19,20). The highest BCUT2D eigenvalue weighted by molar-refractivity contribution is 7.16. The molecule has 0 saturated carbocycles. The number of amides is 1. The van der Waals surface area contributed by atoms with Crippen molar-refractivity contribution in [3.05, 3.63) is 23.7 Å². The fraction of sp³-hybridized carbons (Fsp3) is 0.385. The maximum atomic E-state index is 13.3. The van der Waals surface area contributed by atoms with Gasteiger partial charge in [0, 0.05) is 12.2 Å². The summed E-state index contributed by atoms with van der Waals surface area (Å²) >= 11 is 1.37. The lowest BCUT2D eigenvalue weighted by atomic mass is 9.85. The summed E-state index contributed by atoms with van der Waals surface area (Å²) in [7, 11) is 0. The van der Waals surface area contributed by atoms with Gasteiger partial charge in [0.05, 0.1) is 15.7 Å². The van der Waals surface area contributed by atoms with Crippen LogP contribution in [-0.2, 0) is 4.79 Å². The molecule has 1 aliphatic heterocycles. The number of halogens is 3. The molecule has 112 valence electrons. The minimum atomic E-state index is -4.57. The van der Waals surface area contributed by atoms with E-state index in [1.807, 2.05) is 0 Å². The van der Waals surface area contributed by atoms with Gasteiger partial charge in [0.1, 0.15) is 0 Å². The van der Waals surface area contributed by atoms with Crippen LogP contribution in [0, 0.1) is 5.41 Å². The molecule has 1 aromatic heterocycles. The highest BCUT2D eigenvalue weighted by Gasteiger charge is 2.61. The van der Waals surface area contributed by atoms with Gasteiger partial charge in [-0.2, -0.15) is 13.2 Å². The van der Waals surface area contributed by atoms with E-state index in [-0.39, 0.29) is 19.5 Å². The number of hydrogen-bond acceptors (Lipinski definition) is 4. The van der Waals surface area contributed by atoms with E-state index in [4.69, 9.17) is 0 Å². The smallest absolute Gasteiger partial charge is 0.325 e. The van der Waals surface area contributed by atoms with Gasteiger partial charge in [-0.05, 0) is 31.2 Å². The van der Waals surface area contributed by atoms with E-state index in [0.717, 1.165) is 10.2 Å². The van der Waals surface area contributed by atoms with Crippen LogP contribution in [-0.4, -0.2) is 30.2 Å². The van der Waals surface area contributed by atoms with Gasteiger partial charge in [-0.1, -0.05) is 0 Å². The summed E-state index contributed by atoms with van der Waals surface area (Å²) in [5.41, 5.74) is 0.405. The predicted molar refractivity (Wildman–Crippen MR) is 74.2 cm³/mol. The van der Waals surface area contributed by atoms with E-state index in [1.165, 1.54) is 11.3 Å². The van der Waals surface area contributed by atoms with Gasteiger partial charge in [0.2, 0.25) is 5.91 Å². The monoisotopic (exact) mass is 315 g/mol. The Kier molecular flexibility index (Phi) is 3.37. The molecule has 1 saturated heterocycles. The van der Waals surface area contributed by atoms with Gasteiger partial charge in [-0.3, -0.25) is 4.79 Å². The number of benzene rings is 1. The second kappa shape index (κ2) is 4.96.